The number of furan rings is 1. The molecular formula is C8H7ClO4. The maximum atomic E-state index is 11.2. The van der Waals surface area contributed by atoms with E-state index in [1.54, 1.807) is 0 Å². The van der Waals surface area contributed by atoms with E-state index in [0.29, 0.717) is 13.2 Å². The van der Waals surface area contributed by atoms with Gasteiger partial charge in [-0.3, -0.25) is 0 Å². The van der Waals surface area contributed by atoms with Crippen LogP contribution in [0.3, 0.4) is 0 Å². The molecule has 2 heterocycles. The molecule has 0 N–H and O–H groups in total. The van der Waals surface area contributed by atoms with Crippen LogP contribution in [0.1, 0.15) is 10.6 Å². The molecule has 1 aliphatic heterocycles. The SMILES string of the molecule is O=C(OC1COC1)c1ccc(Cl)o1. The molecule has 0 atom stereocenters. The van der Waals surface area contributed by atoms with Gasteiger partial charge in [-0.1, -0.05) is 0 Å². The zero-order valence-corrected chi connectivity index (χ0v) is 7.41. The molecule has 1 aromatic rings. The lowest BCUT2D eigenvalue weighted by atomic mass is 10.3. The van der Waals surface area contributed by atoms with Crippen LogP contribution in [0.2, 0.25) is 5.22 Å². The Balaban J connectivity index is 1.96. The summed E-state index contributed by atoms with van der Waals surface area (Å²) >= 11 is 5.49. The summed E-state index contributed by atoms with van der Waals surface area (Å²) in [5.41, 5.74) is 0. The molecule has 0 aliphatic carbocycles. The summed E-state index contributed by atoms with van der Waals surface area (Å²) in [4.78, 5) is 11.2. The van der Waals surface area contributed by atoms with Crippen molar-refractivity contribution in [3.8, 4) is 0 Å². The van der Waals surface area contributed by atoms with Crippen LogP contribution in [0.25, 0.3) is 0 Å². The number of ether oxygens (including phenoxy) is 2. The second-order valence-electron chi connectivity index (χ2n) is 2.67. The molecule has 0 unspecified atom stereocenters. The van der Waals surface area contributed by atoms with Crippen molar-refractivity contribution in [2.45, 2.75) is 6.10 Å². The fraction of sp³-hybridized carbons (Fsp3) is 0.375. The zero-order valence-electron chi connectivity index (χ0n) is 6.66. The Labute approximate surface area is 79.4 Å². The van der Waals surface area contributed by atoms with Gasteiger partial charge in [0.1, 0.15) is 6.10 Å². The number of carbonyl (C=O) groups is 1. The molecule has 0 radical (unpaired) electrons. The lowest BCUT2D eigenvalue weighted by Gasteiger charge is -2.24. The van der Waals surface area contributed by atoms with E-state index in [0.717, 1.165) is 0 Å². The third-order valence-electron chi connectivity index (χ3n) is 1.66. The van der Waals surface area contributed by atoms with Crippen molar-refractivity contribution in [2.24, 2.45) is 0 Å². The van der Waals surface area contributed by atoms with Crippen LogP contribution in [-0.4, -0.2) is 25.3 Å². The van der Waals surface area contributed by atoms with Crippen molar-refractivity contribution in [1.82, 2.24) is 0 Å². The maximum absolute atomic E-state index is 11.2. The van der Waals surface area contributed by atoms with Gasteiger partial charge < -0.3 is 13.9 Å². The number of halogens is 1. The van der Waals surface area contributed by atoms with Crippen molar-refractivity contribution in [3.05, 3.63) is 23.1 Å². The van der Waals surface area contributed by atoms with Crippen molar-refractivity contribution in [2.75, 3.05) is 13.2 Å². The van der Waals surface area contributed by atoms with Gasteiger partial charge in [0.05, 0.1) is 13.2 Å². The summed E-state index contributed by atoms with van der Waals surface area (Å²) in [5.74, 6) is -0.378. The Morgan fingerprint density at radius 2 is 2.31 bits per heavy atom. The number of hydrogen-bond donors (Lipinski definition) is 0. The van der Waals surface area contributed by atoms with E-state index in [-0.39, 0.29) is 17.1 Å². The number of esters is 1. The predicted octanol–water partition coefficient (Wildman–Crippen LogP) is 1.49. The van der Waals surface area contributed by atoms with E-state index in [1.165, 1.54) is 12.1 Å². The lowest BCUT2D eigenvalue weighted by molar-refractivity contribution is -0.104. The lowest BCUT2D eigenvalue weighted by Crippen LogP contribution is -2.37. The summed E-state index contributed by atoms with van der Waals surface area (Å²) in [7, 11) is 0. The Kier molecular flexibility index (Phi) is 2.24. The molecule has 1 aromatic heterocycles. The Bertz CT molecular complexity index is 316. The smallest absolute Gasteiger partial charge is 0.374 e. The van der Waals surface area contributed by atoms with Gasteiger partial charge >= 0.3 is 5.97 Å². The van der Waals surface area contributed by atoms with Crippen LogP contribution < -0.4 is 0 Å². The van der Waals surface area contributed by atoms with Gasteiger partial charge in [0, 0.05) is 0 Å². The molecule has 0 amide bonds. The molecule has 0 spiro atoms. The van der Waals surface area contributed by atoms with Gasteiger partial charge in [0.15, 0.2) is 5.22 Å². The topological polar surface area (TPSA) is 48.7 Å². The van der Waals surface area contributed by atoms with Gasteiger partial charge in [0.2, 0.25) is 5.76 Å². The van der Waals surface area contributed by atoms with E-state index in [4.69, 9.17) is 25.5 Å². The van der Waals surface area contributed by atoms with Crippen LogP contribution in [0.5, 0.6) is 0 Å². The van der Waals surface area contributed by atoms with Gasteiger partial charge in [-0.2, -0.15) is 0 Å². The first kappa shape index (κ1) is 8.59. The van der Waals surface area contributed by atoms with Crippen LogP contribution in [0.4, 0.5) is 0 Å². The highest BCUT2D eigenvalue weighted by Gasteiger charge is 2.24. The first-order chi connectivity index (χ1) is 6.25. The Morgan fingerprint density at radius 1 is 1.54 bits per heavy atom. The highest BCUT2D eigenvalue weighted by atomic mass is 35.5. The molecule has 0 bridgehead atoms. The van der Waals surface area contributed by atoms with Gasteiger partial charge in [0.25, 0.3) is 0 Å². The first-order valence-corrected chi connectivity index (χ1v) is 4.17. The quantitative estimate of drug-likeness (QED) is 0.682. The summed E-state index contributed by atoms with van der Waals surface area (Å²) in [5, 5.41) is 0.178. The third kappa shape index (κ3) is 1.84. The molecule has 0 saturated carbocycles. The maximum Gasteiger partial charge on any atom is 0.374 e. The van der Waals surface area contributed by atoms with E-state index in [2.05, 4.69) is 0 Å². The fourth-order valence-electron chi connectivity index (χ4n) is 0.916. The summed E-state index contributed by atoms with van der Waals surface area (Å²) < 4.78 is 14.7. The van der Waals surface area contributed by atoms with E-state index < -0.39 is 5.97 Å². The monoisotopic (exact) mass is 202 g/mol. The second kappa shape index (κ2) is 3.40. The summed E-state index contributed by atoms with van der Waals surface area (Å²) in [6, 6.07) is 2.97. The normalized spacial score (nSPS) is 16.7. The fourth-order valence-corrected chi connectivity index (χ4v) is 1.06. The molecule has 13 heavy (non-hydrogen) atoms. The average molecular weight is 203 g/mol. The molecular weight excluding hydrogens is 196 g/mol. The van der Waals surface area contributed by atoms with Crippen molar-refractivity contribution in [1.29, 1.82) is 0 Å². The van der Waals surface area contributed by atoms with Gasteiger partial charge in [-0.25, -0.2) is 4.79 Å². The van der Waals surface area contributed by atoms with Crippen molar-refractivity contribution < 1.29 is 18.7 Å². The largest absolute Gasteiger partial charge is 0.452 e. The summed E-state index contributed by atoms with van der Waals surface area (Å²) in [6.45, 7) is 0.917. The van der Waals surface area contributed by atoms with E-state index >= 15 is 0 Å². The summed E-state index contributed by atoms with van der Waals surface area (Å²) in [6.07, 6.45) is -0.142. The Morgan fingerprint density at radius 3 is 2.77 bits per heavy atom. The van der Waals surface area contributed by atoms with Crippen LogP contribution in [-0.2, 0) is 9.47 Å². The number of rotatable bonds is 2. The second-order valence-corrected chi connectivity index (χ2v) is 3.04. The molecule has 1 aliphatic rings. The van der Waals surface area contributed by atoms with Crippen molar-refractivity contribution in [3.63, 3.8) is 0 Å². The molecule has 5 heteroatoms. The van der Waals surface area contributed by atoms with E-state index in [9.17, 15) is 4.79 Å². The molecule has 4 nitrogen and oxygen atoms in total. The molecule has 1 saturated heterocycles. The predicted molar refractivity (Wildman–Crippen MR) is 43.7 cm³/mol. The van der Waals surface area contributed by atoms with E-state index in [1.807, 2.05) is 0 Å². The number of hydrogen-bond acceptors (Lipinski definition) is 4. The molecule has 70 valence electrons. The molecule has 2 rings (SSSR count). The van der Waals surface area contributed by atoms with Gasteiger partial charge in [-0.15, -0.1) is 0 Å². The minimum absolute atomic E-state index is 0.122. The highest BCUT2D eigenvalue weighted by Crippen LogP contribution is 2.16. The number of carbonyl (C=O) groups excluding carboxylic acids is 1. The minimum Gasteiger partial charge on any atom is -0.452 e. The van der Waals surface area contributed by atoms with Gasteiger partial charge in [-0.05, 0) is 23.7 Å². The highest BCUT2D eigenvalue weighted by molar-refractivity contribution is 6.29. The zero-order chi connectivity index (χ0) is 9.26. The standard InChI is InChI=1S/C8H7ClO4/c9-7-2-1-6(13-7)8(10)12-5-3-11-4-5/h1-2,5H,3-4H2. The first-order valence-electron chi connectivity index (χ1n) is 3.80. The Hall–Kier alpha value is -1.00. The van der Waals surface area contributed by atoms with Crippen molar-refractivity contribution >= 4 is 17.6 Å². The third-order valence-corrected chi connectivity index (χ3v) is 1.86. The van der Waals surface area contributed by atoms with Crippen LogP contribution in [0, 0.1) is 0 Å². The average Bonchev–Trinajstić information content (AvgIpc) is 2.44. The van der Waals surface area contributed by atoms with Crippen LogP contribution in [0.15, 0.2) is 16.5 Å². The molecule has 0 aromatic carbocycles. The molecule has 1 fully saturated rings. The minimum atomic E-state index is -0.500. The van der Waals surface area contributed by atoms with Crippen LogP contribution >= 0.6 is 11.6 Å².